The van der Waals surface area contributed by atoms with Crippen LogP contribution in [0.15, 0.2) is 48.6 Å². The summed E-state index contributed by atoms with van der Waals surface area (Å²) >= 11 is 0. The van der Waals surface area contributed by atoms with Crippen molar-refractivity contribution in [1.29, 1.82) is 0 Å². The molecule has 78 heavy (non-hydrogen) atoms. The van der Waals surface area contributed by atoms with Crippen molar-refractivity contribution in [2.24, 2.45) is 0 Å². The van der Waals surface area contributed by atoms with Gasteiger partial charge in [-0.15, -0.1) is 0 Å². The monoisotopic (exact) mass is 1090 g/mol. The van der Waals surface area contributed by atoms with Crippen molar-refractivity contribution >= 4 is 11.9 Å². The van der Waals surface area contributed by atoms with Gasteiger partial charge in [0.25, 0.3) is 0 Å². The molecule has 0 aromatic carbocycles. The number of carbonyl (C=O) groups is 2. The molecule has 0 aliphatic rings. The van der Waals surface area contributed by atoms with E-state index >= 15 is 0 Å². The molecule has 0 saturated heterocycles. The van der Waals surface area contributed by atoms with Crippen molar-refractivity contribution in [2.45, 2.75) is 386 Å². The molecule has 6 nitrogen and oxygen atoms in total. The predicted molar refractivity (Wildman–Crippen MR) is 342 cm³/mol. The highest BCUT2D eigenvalue weighted by molar-refractivity contribution is 5.76. The molecule has 0 radical (unpaired) electrons. The van der Waals surface area contributed by atoms with Gasteiger partial charge in [-0.25, -0.2) is 0 Å². The van der Waals surface area contributed by atoms with E-state index in [4.69, 9.17) is 4.74 Å². The molecule has 0 bridgehead atoms. The molecule has 0 saturated carbocycles. The number of esters is 1. The summed E-state index contributed by atoms with van der Waals surface area (Å²) in [5.41, 5.74) is 0. The first-order valence-corrected chi connectivity index (χ1v) is 34.9. The zero-order chi connectivity index (χ0) is 56.4. The van der Waals surface area contributed by atoms with Crippen molar-refractivity contribution < 1.29 is 24.5 Å². The quantitative estimate of drug-likeness (QED) is 0.0320. The largest absolute Gasteiger partial charge is 0.466 e. The Balaban J connectivity index is 3.41. The van der Waals surface area contributed by atoms with Crippen molar-refractivity contribution in [3.63, 3.8) is 0 Å². The average Bonchev–Trinajstić information content (AvgIpc) is 3.44. The topological polar surface area (TPSA) is 95.9 Å². The maximum Gasteiger partial charge on any atom is 0.305 e. The molecule has 1 amide bonds. The molecule has 0 rings (SSSR count). The smallest absolute Gasteiger partial charge is 0.305 e. The van der Waals surface area contributed by atoms with E-state index in [-0.39, 0.29) is 18.5 Å². The van der Waals surface area contributed by atoms with Gasteiger partial charge in [0.15, 0.2) is 0 Å². The van der Waals surface area contributed by atoms with E-state index in [9.17, 15) is 19.8 Å². The molecule has 6 heteroatoms. The van der Waals surface area contributed by atoms with Crippen LogP contribution in [0.4, 0.5) is 0 Å². The van der Waals surface area contributed by atoms with E-state index in [0.29, 0.717) is 25.9 Å². The number of carbonyl (C=O) groups excluding carboxylic acids is 2. The van der Waals surface area contributed by atoms with Crippen molar-refractivity contribution in [2.75, 3.05) is 13.2 Å². The van der Waals surface area contributed by atoms with Crippen LogP contribution in [-0.4, -0.2) is 47.4 Å². The van der Waals surface area contributed by atoms with E-state index in [0.717, 1.165) is 57.8 Å². The van der Waals surface area contributed by atoms with Crippen LogP contribution in [0.2, 0.25) is 0 Å². The van der Waals surface area contributed by atoms with Gasteiger partial charge in [-0.2, -0.15) is 0 Å². The van der Waals surface area contributed by atoms with Gasteiger partial charge in [0.1, 0.15) is 0 Å². The lowest BCUT2D eigenvalue weighted by Gasteiger charge is -2.22. The molecule has 0 aliphatic heterocycles. The molecule has 0 spiro atoms. The zero-order valence-electron chi connectivity index (χ0n) is 52.4. The Labute approximate surface area is 486 Å². The number of hydrogen-bond acceptors (Lipinski definition) is 5. The fourth-order valence-corrected chi connectivity index (χ4v) is 10.8. The Kier molecular flexibility index (Phi) is 65.4. The predicted octanol–water partition coefficient (Wildman–Crippen LogP) is 22.5. The van der Waals surface area contributed by atoms with E-state index in [2.05, 4.69) is 67.8 Å². The summed E-state index contributed by atoms with van der Waals surface area (Å²) in [6, 6.07) is -0.545. The molecule has 2 unspecified atom stereocenters. The van der Waals surface area contributed by atoms with Gasteiger partial charge in [0.05, 0.1) is 25.4 Å². The number of aliphatic hydroxyl groups is 2. The summed E-state index contributed by atoms with van der Waals surface area (Å²) < 4.78 is 5.49. The van der Waals surface area contributed by atoms with Crippen LogP contribution in [-0.2, 0) is 14.3 Å². The highest BCUT2D eigenvalue weighted by Gasteiger charge is 2.20. The van der Waals surface area contributed by atoms with E-state index in [1.807, 2.05) is 0 Å². The maximum atomic E-state index is 12.5. The highest BCUT2D eigenvalue weighted by Crippen LogP contribution is 2.18. The number of amides is 1. The third-order valence-electron chi connectivity index (χ3n) is 16.1. The van der Waals surface area contributed by atoms with Crippen LogP contribution in [0.25, 0.3) is 0 Å². The zero-order valence-corrected chi connectivity index (χ0v) is 52.4. The number of nitrogens with one attached hydrogen (secondary N) is 1. The summed E-state index contributed by atoms with van der Waals surface area (Å²) in [7, 11) is 0. The first-order chi connectivity index (χ1) is 38.5. The number of aliphatic hydroxyl groups excluding tert-OH is 2. The SMILES string of the molecule is CCCCCC/C=C\C/C=C\CCCCCCCCCC(=O)OCCCCCCCCCCC/C=C\C/C=C\CCCCCCCCCCCCCC(=O)NC(CO)C(O)CCCCCCCCCCCCCCCCCC. The lowest BCUT2D eigenvalue weighted by atomic mass is 10.0. The van der Waals surface area contributed by atoms with Crippen LogP contribution >= 0.6 is 0 Å². The highest BCUT2D eigenvalue weighted by atomic mass is 16.5. The molecule has 458 valence electrons. The molecule has 0 aliphatic carbocycles. The van der Waals surface area contributed by atoms with Crippen LogP contribution in [0.3, 0.4) is 0 Å². The Hall–Kier alpha value is -2.18. The summed E-state index contributed by atoms with van der Waals surface area (Å²) in [4.78, 5) is 24.6. The van der Waals surface area contributed by atoms with Gasteiger partial charge >= 0.3 is 5.97 Å². The Morgan fingerprint density at radius 2 is 0.641 bits per heavy atom. The summed E-state index contributed by atoms with van der Waals surface area (Å²) in [6.45, 7) is 4.95. The molecule has 0 heterocycles. The number of rotatable bonds is 65. The minimum Gasteiger partial charge on any atom is -0.466 e. The first kappa shape index (κ1) is 75.8. The van der Waals surface area contributed by atoms with Gasteiger partial charge in [0, 0.05) is 12.8 Å². The number of unbranched alkanes of at least 4 members (excludes halogenated alkanes) is 46. The Bertz CT molecular complexity index is 1310. The Morgan fingerprint density at radius 1 is 0.359 bits per heavy atom. The van der Waals surface area contributed by atoms with Crippen molar-refractivity contribution in [3.05, 3.63) is 48.6 Å². The van der Waals surface area contributed by atoms with Gasteiger partial charge in [-0.1, -0.05) is 319 Å². The number of ether oxygens (including phenoxy) is 1. The van der Waals surface area contributed by atoms with E-state index in [1.54, 1.807) is 0 Å². The molecule has 3 N–H and O–H groups in total. The summed E-state index contributed by atoms with van der Waals surface area (Å²) in [5, 5.41) is 23.3. The summed E-state index contributed by atoms with van der Waals surface area (Å²) in [6.07, 6.45) is 87.2. The van der Waals surface area contributed by atoms with Gasteiger partial charge in [-0.3, -0.25) is 9.59 Å². The fraction of sp³-hybridized carbons (Fsp3) is 0.861. The second kappa shape index (κ2) is 67.3. The molecule has 0 fully saturated rings. The van der Waals surface area contributed by atoms with Gasteiger partial charge in [0.2, 0.25) is 5.91 Å². The standard InChI is InChI=1S/C72H135NO5/c1-3-5-7-9-11-13-15-17-19-21-34-38-42-46-50-54-58-62-66-72(77)78-67-63-59-55-51-47-43-39-35-32-30-28-26-24-22-23-25-27-29-31-33-37-41-45-49-53-57-61-65-71(76)73-69(68-74)70(75)64-60-56-52-48-44-40-36-20-18-16-14-12-10-8-6-4-2/h13,15,19,21-23,26,28,69-70,74-75H,3-12,14,16-18,20,24-25,27,29-68H2,1-2H3,(H,73,76)/b15-13-,21-19-,23-22-,28-26-. The summed E-state index contributed by atoms with van der Waals surface area (Å²) in [5.74, 6) is -0.0326. The third-order valence-corrected chi connectivity index (χ3v) is 16.1. The van der Waals surface area contributed by atoms with Gasteiger partial charge < -0.3 is 20.3 Å². The van der Waals surface area contributed by atoms with Gasteiger partial charge in [-0.05, 0) is 89.9 Å². The minimum absolute atomic E-state index is 0.00346. The van der Waals surface area contributed by atoms with Crippen LogP contribution in [0.1, 0.15) is 373 Å². The third kappa shape index (κ3) is 63.0. The molecule has 0 aromatic heterocycles. The maximum absolute atomic E-state index is 12.5. The number of allylic oxidation sites excluding steroid dienone is 8. The van der Waals surface area contributed by atoms with E-state index < -0.39 is 12.1 Å². The van der Waals surface area contributed by atoms with Crippen LogP contribution in [0.5, 0.6) is 0 Å². The molecule has 2 atom stereocenters. The normalized spacial score (nSPS) is 12.8. The lowest BCUT2D eigenvalue weighted by molar-refractivity contribution is -0.143. The second-order valence-corrected chi connectivity index (χ2v) is 23.9. The fourth-order valence-electron chi connectivity index (χ4n) is 10.8. The minimum atomic E-state index is -0.667. The second-order valence-electron chi connectivity index (χ2n) is 23.9. The lowest BCUT2D eigenvalue weighted by Crippen LogP contribution is -2.45. The average molecular weight is 1090 g/mol. The van der Waals surface area contributed by atoms with E-state index in [1.165, 1.54) is 283 Å². The molecule has 0 aromatic rings. The molecular formula is C72H135NO5. The van der Waals surface area contributed by atoms with Crippen molar-refractivity contribution in [3.8, 4) is 0 Å². The first-order valence-electron chi connectivity index (χ1n) is 34.9. The Morgan fingerprint density at radius 3 is 0.987 bits per heavy atom. The molecular weight excluding hydrogens is 959 g/mol. The van der Waals surface area contributed by atoms with Crippen LogP contribution < -0.4 is 5.32 Å². The number of hydrogen-bond donors (Lipinski definition) is 3. The van der Waals surface area contributed by atoms with Crippen LogP contribution in [0, 0.1) is 0 Å². The van der Waals surface area contributed by atoms with Crippen molar-refractivity contribution in [1.82, 2.24) is 5.32 Å².